The molecule has 1 aliphatic carbocycles. The van der Waals surface area contributed by atoms with E-state index in [1.54, 1.807) is 0 Å². The van der Waals surface area contributed by atoms with Gasteiger partial charge in [-0.3, -0.25) is 4.57 Å². The molecule has 0 radical (unpaired) electrons. The predicted molar refractivity (Wildman–Crippen MR) is 33.1 cm³/mol. The Morgan fingerprint density at radius 3 is 2.11 bits per heavy atom. The lowest BCUT2D eigenvalue weighted by Crippen LogP contribution is -2.26. The Balaban J connectivity index is 2.43. The average molecular weight is 151 g/mol. The van der Waals surface area contributed by atoms with Crippen LogP contribution >= 0.6 is 7.60 Å². The molecule has 5 heteroatoms. The van der Waals surface area contributed by atoms with E-state index in [1.807, 2.05) is 0 Å². The Hall–Kier alpha value is 0.110. The Morgan fingerprint density at radius 1 is 1.56 bits per heavy atom. The van der Waals surface area contributed by atoms with Crippen molar-refractivity contribution >= 4 is 7.60 Å². The lowest BCUT2D eigenvalue weighted by molar-refractivity contribution is 0.367. The van der Waals surface area contributed by atoms with Gasteiger partial charge >= 0.3 is 7.60 Å². The van der Waals surface area contributed by atoms with Crippen molar-refractivity contribution in [1.29, 1.82) is 0 Å². The van der Waals surface area contributed by atoms with Crippen molar-refractivity contribution in [1.82, 2.24) is 0 Å². The van der Waals surface area contributed by atoms with E-state index in [2.05, 4.69) is 0 Å². The van der Waals surface area contributed by atoms with Crippen LogP contribution in [-0.2, 0) is 4.57 Å². The molecular formula is C4H10NO3P. The zero-order valence-electron chi connectivity index (χ0n) is 4.95. The minimum absolute atomic E-state index is 0.153. The highest BCUT2D eigenvalue weighted by Gasteiger charge is 2.43. The molecule has 0 bridgehead atoms. The van der Waals surface area contributed by atoms with Crippen LogP contribution in [0.15, 0.2) is 0 Å². The first-order valence-electron chi connectivity index (χ1n) is 2.75. The molecular weight excluding hydrogens is 141 g/mol. The molecule has 54 valence electrons. The van der Waals surface area contributed by atoms with Crippen LogP contribution in [0.1, 0.15) is 12.8 Å². The number of hydrogen-bond donors (Lipinski definition) is 3. The van der Waals surface area contributed by atoms with Gasteiger partial charge in [-0.15, -0.1) is 0 Å². The van der Waals surface area contributed by atoms with E-state index in [0.29, 0.717) is 0 Å². The first-order chi connectivity index (χ1) is 3.91. The molecule has 0 unspecified atom stereocenters. The molecule has 0 aliphatic heterocycles. The van der Waals surface area contributed by atoms with Gasteiger partial charge in [-0.05, 0) is 12.8 Å². The van der Waals surface area contributed by atoms with E-state index in [4.69, 9.17) is 15.5 Å². The fourth-order valence-electron chi connectivity index (χ4n) is 0.729. The smallest absolute Gasteiger partial charge is 0.325 e. The summed E-state index contributed by atoms with van der Waals surface area (Å²) in [6.07, 6.45) is 1.34. The summed E-state index contributed by atoms with van der Waals surface area (Å²) in [7, 11) is -3.85. The third-order valence-corrected chi connectivity index (χ3v) is 2.45. The van der Waals surface area contributed by atoms with Crippen LogP contribution in [0.3, 0.4) is 0 Å². The van der Waals surface area contributed by atoms with Gasteiger partial charge in [-0.1, -0.05) is 0 Å². The Morgan fingerprint density at radius 2 is 2.00 bits per heavy atom. The fraction of sp³-hybridized carbons (Fsp3) is 1.00. The summed E-state index contributed by atoms with van der Waals surface area (Å²) in [4.78, 5) is 16.8. The Bertz CT molecular complexity index is 159. The summed E-state index contributed by atoms with van der Waals surface area (Å²) in [5.41, 5.74) is 4.91. The van der Waals surface area contributed by atoms with E-state index >= 15 is 0 Å². The topological polar surface area (TPSA) is 83.6 Å². The van der Waals surface area contributed by atoms with Gasteiger partial charge in [-0.25, -0.2) is 0 Å². The fourth-order valence-corrected chi connectivity index (χ4v) is 1.87. The lowest BCUT2D eigenvalue weighted by Gasteiger charge is -2.08. The molecule has 0 saturated heterocycles. The van der Waals surface area contributed by atoms with Crippen molar-refractivity contribution in [3.8, 4) is 0 Å². The van der Waals surface area contributed by atoms with Crippen LogP contribution < -0.4 is 5.73 Å². The molecule has 0 spiro atoms. The Labute approximate surface area is 53.2 Å². The largest absolute Gasteiger partial charge is 0.327 e. The van der Waals surface area contributed by atoms with Gasteiger partial charge < -0.3 is 15.5 Å². The highest BCUT2D eigenvalue weighted by Crippen LogP contribution is 2.46. The van der Waals surface area contributed by atoms with Gasteiger partial charge in [-0.2, -0.15) is 0 Å². The lowest BCUT2D eigenvalue weighted by atomic mass is 10.4. The number of nitrogens with two attached hydrogens (primary N) is 1. The highest BCUT2D eigenvalue weighted by molar-refractivity contribution is 7.51. The molecule has 0 amide bonds. The second-order valence-corrected chi connectivity index (χ2v) is 4.33. The zero-order chi connectivity index (χ0) is 7.12. The van der Waals surface area contributed by atoms with Gasteiger partial charge in [0.1, 0.15) is 0 Å². The maximum absolute atomic E-state index is 10.3. The second-order valence-electron chi connectivity index (χ2n) is 2.69. The third kappa shape index (κ3) is 2.45. The van der Waals surface area contributed by atoms with Crippen LogP contribution in [0.2, 0.25) is 0 Å². The van der Waals surface area contributed by atoms with Gasteiger partial charge in [0.25, 0.3) is 0 Å². The molecule has 0 aromatic heterocycles. The van der Waals surface area contributed by atoms with Crippen LogP contribution in [0.4, 0.5) is 0 Å². The van der Waals surface area contributed by atoms with Gasteiger partial charge in [0, 0.05) is 5.54 Å². The molecule has 9 heavy (non-hydrogen) atoms. The average Bonchev–Trinajstić information content (AvgIpc) is 2.12. The van der Waals surface area contributed by atoms with Crippen LogP contribution in [0, 0.1) is 0 Å². The third-order valence-electron chi connectivity index (χ3n) is 1.41. The van der Waals surface area contributed by atoms with Crippen molar-refractivity contribution in [3.05, 3.63) is 0 Å². The van der Waals surface area contributed by atoms with Crippen molar-refractivity contribution in [2.24, 2.45) is 5.73 Å². The molecule has 4 N–H and O–H groups in total. The normalized spacial score (nSPS) is 23.9. The summed E-state index contributed by atoms with van der Waals surface area (Å²) < 4.78 is 10.3. The maximum atomic E-state index is 10.3. The minimum atomic E-state index is -3.85. The monoisotopic (exact) mass is 151 g/mol. The summed E-state index contributed by atoms with van der Waals surface area (Å²) in [5.74, 6) is 0. The van der Waals surface area contributed by atoms with E-state index in [-0.39, 0.29) is 6.16 Å². The van der Waals surface area contributed by atoms with E-state index < -0.39 is 13.1 Å². The van der Waals surface area contributed by atoms with Crippen LogP contribution in [0.25, 0.3) is 0 Å². The van der Waals surface area contributed by atoms with Crippen molar-refractivity contribution in [2.45, 2.75) is 18.4 Å². The molecule has 0 aromatic carbocycles. The van der Waals surface area contributed by atoms with E-state index in [1.165, 1.54) is 0 Å². The quantitative estimate of drug-likeness (QED) is 0.471. The van der Waals surface area contributed by atoms with Crippen molar-refractivity contribution in [2.75, 3.05) is 6.16 Å². The number of rotatable bonds is 2. The van der Waals surface area contributed by atoms with Gasteiger partial charge in [0.2, 0.25) is 0 Å². The summed E-state index contributed by atoms with van der Waals surface area (Å²) in [5, 5.41) is 0. The Kier molecular flexibility index (Phi) is 1.44. The predicted octanol–water partition coefficient (Wildman–Crippen LogP) is -0.345. The summed E-state index contributed by atoms with van der Waals surface area (Å²) in [6, 6.07) is 0. The molecule has 1 fully saturated rings. The zero-order valence-corrected chi connectivity index (χ0v) is 5.84. The maximum Gasteiger partial charge on any atom is 0.327 e. The van der Waals surface area contributed by atoms with E-state index in [0.717, 1.165) is 12.8 Å². The minimum Gasteiger partial charge on any atom is -0.325 e. The summed E-state index contributed by atoms with van der Waals surface area (Å²) in [6.45, 7) is 0. The van der Waals surface area contributed by atoms with E-state index in [9.17, 15) is 4.57 Å². The second kappa shape index (κ2) is 1.80. The molecule has 1 aliphatic rings. The summed E-state index contributed by atoms with van der Waals surface area (Å²) >= 11 is 0. The van der Waals surface area contributed by atoms with Crippen LogP contribution in [-0.4, -0.2) is 21.5 Å². The number of hydrogen-bond acceptors (Lipinski definition) is 2. The molecule has 4 nitrogen and oxygen atoms in total. The first kappa shape index (κ1) is 7.22. The SMILES string of the molecule is NC1(CP(=O)(O)O)CC1. The molecule has 0 atom stereocenters. The highest BCUT2D eigenvalue weighted by atomic mass is 31.2. The molecule has 0 heterocycles. The molecule has 0 aromatic rings. The van der Waals surface area contributed by atoms with Crippen molar-refractivity contribution < 1.29 is 14.4 Å². The van der Waals surface area contributed by atoms with Crippen molar-refractivity contribution in [3.63, 3.8) is 0 Å². The standard InChI is InChI=1S/C4H10NO3P/c5-4(1-2-4)3-9(6,7)8/h1-3,5H2,(H2,6,7,8). The first-order valence-corrected chi connectivity index (χ1v) is 4.55. The molecule has 1 rings (SSSR count). The van der Waals surface area contributed by atoms with Gasteiger partial charge in [0.05, 0.1) is 6.16 Å². The van der Waals surface area contributed by atoms with Crippen LogP contribution in [0.5, 0.6) is 0 Å². The molecule has 1 saturated carbocycles. The van der Waals surface area contributed by atoms with Gasteiger partial charge in [0.15, 0.2) is 0 Å².